The van der Waals surface area contributed by atoms with E-state index in [1.54, 1.807) is 0 Å². The second-order valence-electron chi connectivity index (χ2n) is 4.06. The summed E-state index contributed by atoms with van der Waals surface area (Å²) in [5.74, 6) is -1.44. The summed E-state index contributed by atoms with van der Waals surface area (Å²) >= 11 is 0. The minimum atomic E-state index is -0.986. The van der Waals surface area contributed by atoms with Crippen LogP contribution in [0, 0.1) is 11.6 Å². The fourth-order valence-corrected chi connectivity index (χ4v) is 1.82. The van der Waals surface area contributed by atoms with Crippen LogP contribution in [0.15, 0.2) is 24.8 Å². The van der Waals surface area contributed by atoms with Gasteiger partial charge in [0.25, 0.3) is 0 Å². The van der Waals surface area contributed by atoms with Crippen LogP contribution in [-0.4, -0.2) is 26.1 Å². The van der Waals surface area contributed by atoms with Gasteiger partial charge in [0.2, 0.25) is 0 Å². The number of aldehydes is 1. The molecule has 18 heavy (non-hydrogen) atoms. The molecule has 3 nitrogen and oxygen atoms in total. The lowest BCUT2D eigenvalue weighted by Gasteiger charge is -2.41. The van der Waals surface area contributed by atoms with Crippen molar-refractivity contribution in [2.45, 2.75) is 5.60 Å². The van der Waals surface area contributed by atoms with Crippen LogP contribution < -0.4 is 0 Å². The molecule has 1 aromatic carbocycles. The summed E-state index contributed by atoms with van der Waals surface area (Å²) in [7, 11) is 0. The Kier molecular flexibility index (Phi) is 3.54. The number of carbonyl (C=O) groups excluding carboxylic acids is 1. The Balaban J connectivity index is 2.39. The number of carbonyl (C=O) groups is 1. The highest BCUT2D eigenvalue weighted by molar-refractivity contribution is 5.75. The maximum absolute atomic E-state index is 13.9. The number of hydrogen-bond donors (Lipinski definition) is 0. The van der Waals surface area contributed by atoms with Crippen LogP contribution >= 0.6 is 0 Å². The summed E-state index contributed by atoms with van der Waals surface area (Å²) in [4.78, 5) is 10.5. The molecule has 1 aliphatic rings. The van der Waals surface area contributed by atoms with Gasteiger partial charge in [0, 0.05) is 5.56 Å². The Morgan fingerprint density at radius 1 is 1.39 bits per heavy atom. The Morgan fingerprint density at radius 2 is 2.11 bits per heavy atom. The van der Waals surface area contributed by atoms with Crippen LogP contribution in [0.25, 0.3) is 0 Å². The first-order valence-electron chi connectivity index (χ1n) is 5.40. The van der Waals surface area contributed by atoms with E-state index in [0.29, 0.717) is 0 Å². The van der Waals surface area contributed by atoms with E-state index < -0.39 is 17.2 Å². The molecular weight excluding hydrogens is 242 g/mol. The lowest BCUT2D eigenvalue weighted by molar-refractivity contribution is -0.212. The van der Waals surface area contributed by atoms with Gasteiger partial charge in [-0.05, 0) is 12.1 Å². The lowest BCUT2D eigenvalue weighted by Crippen LogP contribution is -2.49. The number of benzene rings is 1. The van der Waals surface area contributed by atoms with Gasteiger partial charge in [-0.25, -0.2) is 8.78 Å². The van der Waals surface area contributed by atoms with E-state index in [4.69, 9.17) is 9.47 Å². The Hall–Kier alpha value is -1.59. The third-order valence-corrected chi connectivity index (χ3v) is 2.85. The summed E-state index contributed by atoms with van der Waals surface area (Å²) in [5.41, 5.74) is -1.23. The second kappa shape index (κ2) is 4.96. The Bertz CT molecular complexity index is 481. The first-order valence-corrected chi connectivity index (χ1v) is 5.40. The molecule has 0 bridgehead atoms. The third-order valence-electron chi connectivity index (χ3n) is 2.85. The number of hydrogen-bond acceptors (Lipinski definition) is 3. The van der Waals surface area contributed by atoms with Crippen LogP contribution in [0.3, 0.4) is 0 Å². The fraction of sp³-hybridized carbons (Fsp3) is 0.308. The van der Waals surface area contributed by atoms with Gasteiger partial charge in [0.05, 0.1) is 25.4 Å². The van der Waals surface area contributed by atoms with Gasteiger partial charge in [-0.1, -0.05) is 6.08 Å². The largest absolute Gasteiger partial charge is 0.375 e. The number of ether oxygens (including phenoxy) is 2. The zero-order valence-corrected chi connectivity index (χ0v) is 9.62. The molecule has 2 rings (SSSR count). The Labute approximate surface area is 103 Å². The van der Waals surface area contributed by atoms with Crippen molar-refractivity contribution in [3.05, 3.63) is 47.5 Å². The van der Waals surface area contributed by atoms with Gasteiger partial charge in [0.1, 0.15) is 17.2 Å². The van der Waals surface area contributed by atoms with Crippen LogP contribution in [0.1, 0.15) is 15.9 Å². The summed E-state index contributed by atoms with van der Waals surface area (Å²) in [6, 6.07) is 1.86. The van der Waals surface area contributed by atoms with Crippen molar-refractivity contribution in [3.63, 3.8) is 0 Å². The van der Waals surface area contributed by atoms with Crippen LogP contribution in [0.4, 0.5) is 8.78 Å². The number of halogens is 2. The van der Waals surface area contributed by atoms with E-state index in [-0.39, 0.29) is 37.2 Å². The molecule has 0 aliphatic carbocycles. The highest BCUT2D eigenvalue weighted by atomic mass is 19.1. The molecule has 0 radical (unpaired) electrons. The molecule has 1 aliphatic heterocycles. The van der Waals surface area contributed by atoms with Crippen molar-refractivity contribution in [1.29, 1.82) is 0 Å². The maximum Gasteiger partial charge on any atom is 0.153 e. The second-order valence-corrected chi connectivity index (χ2v) is 4.06. The highest BCUT2D eigenvalue weighted by Crippen LogP contribution is 2.36. The monoisotopic (exact) mass is 254 g/mol. The molecule has 0 N–H and O–H groups in total. The molecule has 0 spiro atoms. The summed E-state index contributed by atoms with van der Waals surface area (Å²) in [5, 5.41) is 0. The minimum Gasteiger partial charge on any atom is -0.375 e. The fourth-order valence-electron chi connectivity index (χ4n) is 1.82. The van der Waals surface area contributed by atoms with E-state index in [9.17, 15) is 13.6 Å². The van der Waals surface area contributed by atoms with Gasteiger partial charge in [-0.2, -0.15) is 0 Å². The van der Waals surface area contributed by atoms with Crippen molar-refractivity contribution >= 4 is 6.29 Å². The molecule has 0 unspecified atom stereocenters. The van der Waals surface area contributed by atoms with E-state index in [0.717, 1.165) is 12.1 Å². The summed E-state index contributed by atoms with van der Waals surface area (Å²) in [6.07, 6.45) is 1.80. The molecule has 5 heteroatoms. The van der Waals surface area contributed by atoms with Crippen LogP contribution in [-0.2, 0) is 15.1 Å². The van der Waals surface area contributed by atoms with E-state index >= 15 is 0 Å². The molecule has 0 atom stereocenters. The summed E-state index contributed by atoms with van der Waals surface area (Å²) in [6.45, 7) is 4.01. The van der Waals surface area contributed by atoms with Crippen molar-refractivity contribution in [1.82, 2.24) is 0 Å². The van der Waals surface area contributed by atoms with Gasteiger partial charge in [0.15, 0.2) is 6.29 Å². The van der Waals surface area contributed by atoms with Crippen molar-refractivity contribution in [2.75, 3.05) is 19.8 Å². The first-order chi connectivity index (χ1) is 8.63. The van der Waals surface area contributed by atoms with Crippen molar-refractivity contribution in [3.8, 4) is 0 Å². The molecule has 1 aromatic rings. The normalized spacial score (nSPS) is 17.0. The molecule has 0 amide bonds. The average Bonchev–Trinajstić information content (AvgIpc) is 2.31. The smallest absolute Gasteiger partial charge is 0.153 e. The topological polar surface area (TPSA) is 35.5 Å². The van der Waals surface area contributed by atoms with Crippen molar-refractivity contribution < 1.29 is 23.0 Å². The lowest BCUT2D eigenvalue weighted by atomic mass is 9.90. The standard InChI is InChI=1S/C13H12F2O3/c1-2-3-18-13(7-17-8-13)10-5-11(14)9(6-16)4-12(10)15/h2,4-6H,1,3,7-8H2. The number of rotatable bonds is 5. The summed E-state index contributed by atoms with van der Waals surface area (Å²) < 4.78 is 37.9. The van der Waals surface area contributed by atoms with Crippen LogP contribution in [0.2, 0.25) is 0 Å². The SMILES string of the molecule is C=CCOC1(c2cc(F)c(C=O)cc2F)COC1. The van der Waals surface area contributed by atoms with E-state index in [1.165, 1.54) is 6.08 Å². The molecule has 1 heterocycles. The van der Waals surface area contributed by atoms with Crippen molar-refractivity contribution in [2.24, 2.45) is 0 Å². The van der Waals surface area contributed by atoms with Gasteiger partial charge >= 0.3 is 0 Å². The molecule has 96 valence electrons. The van der Waals surface area contributed by atoms with E-state index in [2.05, 4.69) is 6.58 Å². The third kappa shape index (κ3) is 2.07. The Morgan fingerprint density at radius 3 is 2.61 bits per heavy atom. The minimum absolute atomic E-state index is 0.0682. The average molecular weight is 254 g/mol. The molecule has 0 aromatic heterocycles. The molecule has 1 fully saturated rings. The molecular formula is C13H12F2O3. The zero-order valence-electron chi connectivity index (χ0n) is 9.62. The predicted molar refractivity (Wildman–Crippen MR) is 60.4 cm³/mol. The van der Waals surface area contributed by atoms with Gasteiger partial charge < -0.3 is 9.47 Å². The maximum atomic E-state index is 13.9. The molecule has 0 saturated carbocycles. The highest BCUT2D eigenvalue weighted by Gasteiger charge is 2.43. The quantitative estimate of drug-likeness (QED) is 0.597. The van der Waals surface area contributed by atoms with Gasteiger partial charge in [-0.3, -0.25) is 4.79 Å². The van der Waals surface area contributed by atoms with Gasteiger partial charge in [-0.15, -0.1) is 6.58 Å². The zero-order chi connectivity index (χ0) is 13.2. The van der Waals surface area contributed by atoms with Crippen LogP contribution in [0.5, 0.6) is 0 Å². The predicted octanol–water partition coefficient (Wildman–Crippen LogP) is 2.21. The first kappa shape index (κ1) is 12.9. The molecule has 1 saturated heterocycles. The van der Waals surface area contributed by atoms with E-state index in [1.807, 2.05) is 0 Å².